The Kier molecular flexibility index (Phi) is 5.54. The third kappa shape index (κ3) is 6.16. The van der Waals surface area contributed by atoms with Crippen molar-refractivity contribution in [1.29, 1.82) is 0 Å². The van der Waals surface area contributed by atoms with Crippen molar-refractivity contribution in [2.24, 2.45) is 5.73 Å². The smallest absolute Gasteiger partial charge is 0.330 e. The zero-order valence-electron chi connectivity index (χ0n) is 8.70. The zero-order chi connectivity index (χ0) is 13.0. The molecule has 8 heteroatoms. The average molecular weight is 252 g/mol. The molecule has 0 amide bonds. The summed E-state index contributed by atoms with van der Waals surface area (Å²) in [6, 6.07) is -1.92. The Balaban J connectivity index is 4.34. The Labute approximate surface area is 89.4 Å². The summed E-state index contributed by atoms with van der Waals surface area (Å²) in [5.41, 5.74) is 5.00. The van der Waals surface area contributed by atoms with Crippen LogP contribution in [0.1, 0.15) is 12.8 Å². The lowest BCUT2D eigenvalue weighted by Crippen LogP contribution is -2.45. The van der Waals surface area contributed by atoms with E-state index >= 15 is 0 Å². The van der Waals surface area contributed by atoms with Crippen molar-refractivity contribution < 1.29 is 26.3 Å². The lowest BCUT2D eigenvalue weighted by Gasteiger charge is -2.29. The van der Waals surface area contributed by atoms with E-state index in [1.54, 1.807) is 0 Å². The Morgan fingerprint density at radius 1 is 1.12 bits per heavy atom. The molecule has 0 aliphatic rings. The molecule has 0 heterocycles. The average Bonchev–Trinajstić information content (AvgIpc) is 2.07. The molecule has 0 bridgehead atoms. The summed E-state index contributed by atoms with van der Waals surface area (Å²) in [4.78, 5) is 0.639. The molecule has 98 valence electrons. The van der Waals surface area contributed by atoms with E-state index in [0.717, 1.165) is 7.05 Å². The number of hydrogen-bond donors (Lipinski definition) is 1. The summed E-state index contributed by atoms with van der Waals surface area (Å²) < 4.78 is 72.7. The highest BCUT2D eigenvalue weighted by Gasteiger charge is 2.42. The number of rotatable bonds is 5. The lowest BCUT2D eigenvalue weighted by molar-refractivity contribution is -0.188. The van der Waals surface area contributed by atoms with Gasteiger partial charge in [-0.3, -0.25) is 4.90 Å². The number of nitrogens with zero attached hydrogens (tertiary/aromatic N) is 1. The van der Waals surface area contributed by atoms with Crippen molar-refractivity contribution in [3.05, 3.63) is 0 Å². The quantitative estimate of drug-likeness (QED) is 0.760. The van der Waals surface area contributed by atoms with Gasteiger partial charge in [0, 0.05) is 6.54 Å². The molecule has 2 N–H and O–H groups in total. The van der Waals surface area contributed by atoms with Crippen molar-refractivity contribution in [1.82, 2.24) is 4.90 Å². The Morgan fingerprint density at radius 2 is 1.62 bits per heavy atom. The molecule has 1 unspecified atom stereocenters. The van der Waals surface area contributed by atoms with Crippen molar-refractivity contribution in [2.45, 2.75) is 31.2 Å². The first-order chi connectivity index (χ1) is 7.08. The monoisotopic (exact) mass is 252 g/mol. The van der Waals surface area contributed by atoms with Gasteiger partial charge in [-0.05, 0) is 20.0 Å². The summed E-state index contributed by atoms with van der Waals surface area (Å²) in [7, 11) is 1.01. The SMILES string of the molecule is CN(CCC(F)(F)F)C(CCN)C(F)(F)F. The summed E-state index contributed by atoms with van der Waals surface area (Å²) in [5.74, 6) is 0. The first-order valence-electron chi connectivity index (χ1n) is 4.61. The van der Waals surface area contributed by atoms with Crippen LogP contribution in [0.25, 0.3) is 0 Å². The topological polar surface area (TPSA) is 29.3 Å². The van der Waals surface area contributed by atoms with E-state index in [-0.39, 0.29) is 6.54 Å². The number of nitrogens with two attached hydrogens (primary N) is 1. The van der Waals surface area contributed by atoms with Crippen LogP contribution in [0.15, 0.2) is 0 Å². The van der Waals surface area contributed by atoms with Crippen molar-refractivity contribution >= 4 is 0 Å². The Hall–Kier alpha value is -0.500. The first-order valence-corrected chi connectivity index (χ1v) is 4.61. The van der Waals surface area contributed by atoms with Gasteiger partial charge in [-0.1, -0.05) is 0 Å². The summed E-state index contributed by atoms with van der Waals surface area (Å²) >= 11 is 0. The molecular formula is C8H14F6N2. The maximum Gasteiger partial charge on any atom is 0.404 e. The molecule has 0 aliphatic carbocycles. The molecule has 0 aliphatic heterocycles. The fourth-order valence-corrected chi connectivity index (χ4v) is 1.25. The molecular weight excluding hydrogens is 238 g/mol. The minimum Gasteiger partial charge on any atom is -0.330 e. The summed E-state index contributed by atoms with van der Waals surface area (Å²) in [5, 5.41) is 0. The van der Waals surface area contributed by atoms with Crippen molar-refractivity contribution in [3.63, 3.8) is 0 Å². The van der Waals surface area contributed by atoms with Crippen LogP contribution < -0.4 is 5.73 Å². The number of halogens is 6. The van der Waals surface area contributed by atoms with E-state index in [1.807, 2.05) is 0 Å². The molecule has 0 radical (unpaired) electrons. The molecule has 0 fully saturated rings. The highest BCUT2D eigenvalue weighted by Crippen LogP contribution is 2.27. The highest BCUT2D eigenvalue weighted by atomic mass is 19.4. The first kappa shape index (κ1) is 15.5. The molecule has 0 aromatic heterocycles. The van der Waals surface area contributed by atoms with Crippen molar-refractivity contribution in [2.75, 3.05) is 20.1 Å². The standard InChI is InChI=1S/C8H14F6N2/c1-16(5-3-7(9,10)11)6(2-4-15)8(12,13)14/h6H,2-5,15H2,1H3. The van der Waals surface area contributed by atoms with E-state index in [9.17, 15) is 26.3 Å². The van der Waals surface area contributed by atoms with Crippen LogP contribution in [0.4, 0.5) is 26.3 Å². The molecule has 0 saturated carbocycles. The van der Waals surface area contributed by atoms with Crippen LogP contribution in [-0.4, -0.2) is 43.4 Å². The lowest BCUT2D eigenvalue weighted by atomic mass is 10.1. The molecule has 0 spiro atoms. The maximum atomic E-state index is 12.4. The second-order valence-corrected chi connectivity index (χ2v) is 3.48. The van der Waals surface area contributed by atoms with Gasteiger partial charge in [-0.25, -0.2) is 0 Å². The Bertz CT molecular complexity index is 200. The highest BCUT2D eigenvalue weighted by molar-refractivity contribution is 4.77. The van der Waals surface area contributed by atoms with Gasteiger partial charge < -0.3 is 5.73 Å². The third-order valence-corrected chi connectivity index (χ3v) is 2.10. The minimum atomic E-state index is -4.56. The molecule has 16 heavy (non-hydrogen) atoms. The molecule has 0 aromatic rings. The van der Waals surface area contributed by atoms with Gasteiger partial charge in [0.2, 0.25) is 0 Å². The van der Waals surface area contributed by atoms with Gasteiger partial charge in [-0.2, -0.15) is 26.3 Å². The van der Waals surface area contributed by atoms with Crippen LogP contribution in [0, 0.1) is 0 Å². The minimum absolute atomic E-state index is 0.222. The number of hydrogen-bond acceptors (Lipinski definition) is 2. The van der Waals surface area contributed by atoms with Gasteiger partial charge in [0.1, 0.15) is 6.04 Å². The second kappa shape index (κ2) is 5.72. The van der Waals surface area contributed by atoms with Crippen LogP contribution in [0.3, 0.4) is 0 Å². The van der Waals surface area contributed by atoms with Gasteiger partial charge in [0.25, 0.3) is 0 Å². The fourth-order valence-electron chi connectivity index (χ4n) is 1.25. The predicted octanol–water partition coefficient (Wildman–Crippen LogP) is 2.15. The van der Waals surface area contributed by atoms with Crippen molar-refractivity contribution in [3.8, 4) is 0 Å². The van der Waals surface area contributed by atoms with E-state index in [4.69, 9.17) is 5.73 Å². The molecule has 2 nitrogen and oxygen atoms in total. The van der Waals surface area contributed by atoms with Crippen LogP contribution in [-0.2, 0) is 0 Å². The molecule has 0 rings (SSSR count). The number of alkyl halides is 6. The van der Waals surface area contributed by atoms with E-state index in [1.165, 1.54) is 0 Å². The maximum absolute atomic E-state index is 12.4. The van der Waals surface area contributed by atoms with E-state index in [2.05, 4.69) is 0 Å². The van der Waals surface area contributed by atoms with E-state index < -0.39 is 37.8 Å². The zero-order valence-corrected chi connectivity index (χ0v) is 8.70. The molecule has 0 saturated heterocycles. The van der Waals surface area contributed by atoms with Gasteiger partial charge in [0.05, 0.1) is 6.42 Å². The summed E-state index contributed by atoms with van der Waals surface area (Å²) in [6.45, 7) is -0.909. The van der Waals surface area contributed by atoms with Gasteiger partial charge >= 0.3 is 12.4 Å². The Morgan fingerprint density at radius 3 is 1.94 bits per heavy atom. The molecule has 0 aromatic carbocycles. The van der Waals surface area contributed by atoms with Gasteiger partial charge in [-0.15, -0.1) is 0 Å². The van der Waals surface area contributed by atoms with Crippen LogP contribution >= 0.6 is 0 Å². The van der Waals surface area contributed by atoms with Crippen LogP contribution in [0.5, 0.6) is 0 Å². The van der Waals surface area contributed by atoms with Crippen LogP contribution in [0.2, 0.25) is 0 Å². The molecule has 1 atom stereocenters. The fraction of sp³-hybridized carbons (Fsp3) is 1.00. The van der Waals surface area contributed by atoms with Gasteiger partial charge in [0.15, 0.2) is 0 Å². The predicted molar refractivity (Wildman–Crippen MR) is 46.8 cm³/mol. The largest absolute Gasteiger partial charge is 0.404 e. The third-order valence-electron chi connectivity index (χ3n) is 2.10. The second-order valence-electron chi connectivity index (χ2n) is 3.48. The van der Waals surface area contributed by atoms with E-state index in [0.29, 0.717) is 4.90 Å². The summed E-state index contributed by atoms with van der Waals surface area (Å²) in [6.07, 6.45) is -10.7. The normalized spacial score (nSPS) is 15.6.